The summed E-state index contributed by atoms with van der Waals surface area (Å²) in [5.41, 5.74) is 1.16. The number of piperidine rings is 1. The zero-order chi connectivity index (χ0) is 41.8. The predicted octanol–water partition coefficient (Wildman–Crippen LogP) is 4.05. The Morgan fingerprint density at radius 3 is 2.16 bits per heavy atom. The van der Waals surface area contributed by atoms with Crippen molar-refractivity contribution in [3.05, 3.63) is 83.9 Å². The summed E-state index contributed by atoms with van der Waals surface area (Å²) in [7, 11) is 0. The number of amides is 7. The monoisotopic (exact) mass is 815 g/mol. The van der Waals surface area contributed by atoms with Crippen molar-refractivity contribution in [2.75, 3.05) is 45.0 Å². The van der Waals surface area contributed by atoms with Crippen LogP contribution in [0.3, 0.4) is 0 Å². The fourth-order valence-electron chi connectivity index (χ4n) is 7.43. The molecule has 1 saturated heterocycles. The van der Waals surface area contributed by atoms with E-state index in [-0.39, 0.29) is 48.3 Å². The van der Waals surface area contributed by atoms with Gasteiger partial charge in [0, 0.05) is 64.8 Å². The number of urea groups is 1. The van der Waals surface area contributed by atoms with Crippen molar-refractivity contribution in [3.8, 4) is 0 Å². The highest BCUT2D eigenvalue weighted by atomic mass is 32.1. The summed E-state index contributed by atoms with van der Waals surface area (Å²) >= 11 is 4.11. The van der Waals surface area contributed by atoms with Crippen LogP contribution in [0.25, 0.3) is 10.8 Å². The van der Waals surface area contributed by atoms with Crippen LogP contribution < -0.4 is 31.9 Å². The second-order valence-corrected chi connectivity index (χ2v) is 15.5. The Morgan fingerprint density at radius 1 is 0.741 bits per heavy atom. The number of fused-ring (bicyclic) bond motifs is 1. The van der Waals surface area contributed by atoms with Gasteiger partial charge < -0.3 is 36.8 Å². The van der Waals surface area contributed by atoms with Crippen molar-refractivity contribution in [1.29, 1.82) is 0 Å². The molecular weight excluding hydrogens is 755 g/mol. The topological polar surface area (TPSA) is 178 Å². The van der Waals surface area contributed by atoms with Gasteiger partial charge in [0.1, 0.15) is 12.1 Å². The predicted molar refractivity (Wildman–Crippen MR) is 230 cm³/mol. The zero-order valence-corrected chi connectivity index (χ0v) is 34.8. The first-order chi connectivity index (χ1) is 28.0. The maximum Gasteiger partial charge on any atom is 0.315 e. The van der Waals surface area contributed by atoms with Gasteiger partial charge in [-0.1, -0.05) is 79.2 Å². The van der Waals surface area contributed by atoms with E-state index in [4.69, 9.17) is 0 Å². The molecule has 1 heterocycles. The third kappa shape index (κ3) is 14.7. The molecule has 3 aromatic carbocycles. The molecule has 13 nitrogen and oxygen atoms in total. The molecule has 1 fully saturated rings. The van der Waals surface area contributed by atoms with E-state index in [1.54, 1.807) is 4.90 Å². The lowest BCUT2D eigenvalue weighted by atomic mass is 9.74. The van der Waals surface area contributed by atoms with Crippen LogP contribution in [0.2, 0.25) is 0 Å². The number of rotatable bonds is 22. The molecule has 1 aliphatic heterocycles. The van der Waals surface area contributed by atoms with Crippen LogP contribution in [0.4, 0.5) is 4.79 Å². The molecular formula is C44H61N7O6S. The number of hydrogen-bond donors (Lipinski definition) is 7. The average Bonchev–Trinajstić information content (AvgIpc) is 3.22. The van der Waals surface area contributed by atoms with Gasteiger partial charge in [0.05, 0.1) is 5.41 Å². The van der Waals surface area contributed by atoms with E-state index in [2.05, 4.69) is 44.5 Å². The summed E-state index contributed by atoms with van der Waals surface area (Å²) in [6.45, 7) is 5.78. The third-order valence-electron chi connectivity index (χ3n) is 10.4. The van der Waals surface area contributed by atoms with Gasteiger partial charge in [0.25, 0.3) is 0 Å². The van der Waals surface area contributed by atoms with Gasteiger partial charge in [-0.2, -0.15) is 12.6 Å². The number of nitrogens with zero attached hydrogens (tertiary/aromatic N) is 1. The molecule has 0 aliphatic carbocycles. The third-order valence-corrected chi connectivity index (χ3v) is 10.8. The average molecular weight is 816 g/mol. The van der Waals surface area contributed by atoms with Crippen LogP contribution in [0, 0.1) is 5.41 Å². The van der Waals surface area contributed by atoms with Gasteiger partial charge >= 0.3 is 6.03 Å². The van der Waals surface area contributed by atoms with Gasteiger partial charge in [-0.3, -0.25) is 24.0 Å². The minimum atomic E-state index is -0.854. The molecule has 0 saturated carbocycles. The SMILES string of the molecule is CCNC(=O)[C@]1(Cc2ccccc2)CCCN(C(=O)[C@@H](Cc2ccc3ccccc3c2)NC(=O)NCCCCNC(=O)CCCCCNC(=O)C(CS)NC(C)=O)C1. The second kappa shape index (κ2) is 24.0. The summed E-state index contributed by atoms with van der Waals surface area (Å²) in [5.74, 6) is -0.692. The van der Waals surface area contributed by atoms with E-state index in [1.807, 2.05) is 79.7 Å². The highest BCUT2D eigenvalue weighted by molar-refractivity contribution is 7.80. The highest BCUT2D eigenvalue weighted by Gasteiger charge is 2.44. The molecule has 4 rings (SSSR count). The van der Waals surface area contributed by atoms with Gasteiger partial charge in [-0.25, -0.2) is 4.79 Å². The first-order valence-corrected chi connectivity index (χ1v) is 21.2. The number of benzene rings is 3. The van der Waals surface area contributed by atoms with Crippen molar-refractivity contribution >= 4 is 59.0 Å². The minimum Gasteiger partial charge on any atom is -0.356 e. The lowest BCUT2D eigenvalue weighted by molar-refractivity contribution is -0.143. The number of likely N-dealkylation sites (tertiary alicyclic amines) is 1. The van der Waals surface area contributed by atoms with Crippen molar-refractivity contribution in [1.82, 2.24) is 36.8 Å². The Labute approximate surface area is 348 Å². The normalized spacial score (nSPS) is 16.1. The molecule has 3 aromatic rings. The number of carbonyl (C=O) groups excluding carboxylic acids is 6. The molecule has 0 radical (unpaired) electrons. The van der Waals surface area contributed by atoms with Crippen molar-refractivity contribution in [3.63, 3.8) is 0 Å². The molecule has 14 heteroatoms. The summed E-state index contributed by atoms with van der Waals surface area (Å²) in [6, 6.07) is 22.0. The van der Waals surface area contributed by atoms with Gasteiger partial charge in [0.2, 0.25) is 29.5 Å². The minimum absolute atomic E-state index is 0.0525. The maximum absolute atomic E-state index is 14.4. The fourth-order valence-corrected chi connectivity index (χ4v) is 7.68. The van der Waals surface area contributed by atoms with Crippen LogP contribution >= 0.6 is 12.6 Å². The Hall–Kier alpha value is -5.11. The molecule has 1 unspecified atom stereocenters. The van der Waals surface area contributed by atoms with Crippen molar-refractivity contribution in [2.24, 2.45) is 5.41 Å². The maximum atomic E-state index is 14.4. The van der Waals surface area contributed by atoms with Crippen LogP contribution in [0.5, 0.6) is 0 Å². The Balaban J connectivity index is 1.26. The first kappa shape index (κ1) is 45.6. The van der Waals surface area contributed by atoms with E-state index >= 15 is 0 Å². The smallest absolute Gasteiger partial charge is 0.315 e. The van der Waals surface area contributed by atoms with Crippen LogP contribution in [-0.2, 0) is 36.8 Å². The summed E-state index contributed by atoms with van der Waals surface area (Å²) in [6.07, 6.45) is 5.95. The van der Waals surface area contributed by atoms with Crippen LogP contribution in [0.1, 0.15) is 76.3 Å². The molecule has 6 N–H and O–H groups in total. The number of unbranched alkanes of at least 4 members (excludes halogenated alkanes) is 3. The molecule has 0 aromatic heterocycles. The highest BCUT2D eigenvalue weighted by Crippen LogP contribution is 2.35. The van der Waals surface area contributed by atoms with Crippen molar-refractivity contribution in [2.45, 2.75) is 90.1 Å². The van der Waals surface area contributed by atoms with Crippen LogP contribution in [-0.4, -0.2) is 97.6 Å². The number of carbonyl (C=O) groups is 6. The molecule has 3 atom stereocenters. The molecule has 0 spiro atoms. The second-order valence-electron chi connectivity index (χ2n) is 15.1. The van der Waals surface area contributed by atoms with E-state index in [1.165, 1.54) is 6.92 Å². The Morgan fingerprint density at radius 2 is 1.43 bits per heavy atom. The van der Waals surface area contributed by atoms with E-state index in [9.17, 15) is 28.8 Å². The molecule has 0 bridgehead atoms. The van der Waals surface area contributed by atoms with Gasteiger partial charge in [-0.15, -0.1) is 0 Å². The van der Waals surface area contributed by atoms with Crippen molar-refractivity contribution < 1.29 is 28.8 Å². The number of thiol groups is 1. The standard InChI is InChI=1S/C44H61N7O6S/c1-3-45-42(56)44(29-33-15-6-4-7-16-33)22-14-26-51(31-44)41(55)37(28-34-20-21-35-17-9-10-18-36(35)27-34)50-43(57)48-25-13-12-23-46-39(53)19-8-5-11-24-47-40(54)38(30-58)49-32(2)52/h4,6-7,9-10,15-18,20-21,27,37-38,58H,3,5,8,11-14,19,22-26,28-31H2,1-2H3,(H,45,56)(H,46,53)(H,47,54)(H,49,52)(H2,48,50,57)/t37-,38?,44+/m1/s1. The van der Waals surface area contributed by atoms with E-state index < -0.39 is 23.5 Å². The largest absolute Gasteiger partial charge is 0.356 e. The lowest BCUT2D eigenvalue weighted by Crippen LogP contribution is -2.59. The van der Waals surface area contributed by atoms with Gasteiger partial charge in [-0.05, 0) is 73.8 Å². The summed E-state index contributed by atoms with van der Waals surface area (Å²) in [4.78, 5) is 78.8. The van der Waals surface area contributed by atoms with Crippen LogP contribution in [0.15, 0.2) is 72.8 Å². The molecule has 1 aliphatic rings. The quantitative estimate of drug-likeness (QED) is 0.0595. The molecule has 58 heavy (non-hydrogen) atoms. The summed E-state index contributed by atoms with van der Waals surface area (Å²) in [5, 5.41) is 19.3. The van der Waals surface area contributed by atoms with E-state index in [0.29, 0.717) is 84.1 Å². The summed E-state index contributed by atoms with van der Waals surface area (Å²) < 4.78 is 0. The molecule has 7 amide bonds. The number of hydrogen-bond acceptors (Lipinski definition) is 7. The first-order valence-electron chi connectivity index (χ1n) is 20.6. The number of nitrogens with one attached hydrogen (secondary N) is 6. The lowest BCUT2D eigenvalue weighted by Gasteiger charge is -2.43. The Kier molecular flexibility index (Phi) is 18.8. The zero-order valence-electron chi connectivity index (χ0n) is 33.9. The Bertz CT molecular complexity index is 1830. The molecule has 314 valence electrons. The fraction of sp³-hybridized carbons (Fsp3) is 0.500. The van der Waals surface area contributed by atoms with Gasteiger partial charge in [0.15, 0.2) is 0 Å². The van der Waals surface area contributed by atoms with E-state index in [0.717, 1.165) is 28.3 Å².